The zero-order valence-corrected chi connectivity index (χ0v) is 22.3. The Hall–Kier alpha value is -2.97. The molecule has 0 spiro atoms. The van der Waals surface area contributed by atoms with Gasteiger partial charge in [0.2, 0.25) is 0 Å². The van der Waals surface area contributed by atoms with E-state index in [1.54, 1.807) is 44.7 Å². The fourth-order valence-corrected chi connectivity index (χ4v) is 3.58. The van der Waals surface area contributed by atoms with Crippen molar-refractivity contribution in [3.8, 4) is 5.75 Å². The Morgan fingerprint density at radius 1 is 1.00 bits per heavy atom. The Labute approximate surface area is 208 Å². The Bertz CT molecular complexity index is 908. The molecule has 2 amide bonds. The summed E-state index contributed by atoms with van der Waals surface area (Å²) in [5.74, 6) is -0.0360. The molecule has 1 aromatic carbocycles. The van der Waals surface area contributed by atoms with Crippen molar-refractivity contribution in [3.05, 3.63) is 28.8 Å². The molecule has 0 unspecified atom stereocenters. The summed E-state index contributed by atoms with van der Waals surface area (Å²) in [5.41, 5.74) is 0.713. The van der Waals surface area contributed by atoms with E-state index in [0.717, 1.165) is 11.1 Å². The largest absolute Gasteiger partial charge is 0.489 e. The van der Waals surface area contributed by atoms with Crippen LogP contribution in [0.25, 0.3) is 0 Å². The minimum Gasteiger partial charge on any atom is -0.489 e. The molecule has 0 aliphatic carbocycles. The number of ether oxygens (including phenoxy) is 4. The summed E-state index contributed by atoms with van der Waals surface area (Å²) in [6.07, 6.45) is 0.149. The Kier molecular flexibility index (Phi) is 9.40. The van der Waals surface area contributed by atoms with Crippen molar-refractivity contribution in [3.63, 3.8) is 0 Å². The van der Waals surface area contributed by atoms with Crippen LogP contribution < -0.4 is 10.1 Å². The quantitative estimate of drug-likeness (QED) is 0.441. The van der Waals surface area contributed by atoms with Gasteiger partial charge < -0.3 is 29.2 Å². The van der Waals surface area contributed by atoms with Gasteiger partial charge in [-0.3, -0.25) is 0 Å². The molecule has 0 aromatic heterocycles. The van der Waals surface area contributed by atoms with Crippen LogP contribution in [0.15, 0.2) is 12.1 Å². The van der Waals surface area contributed by atoms with Crippen molar-refractivity contribution in [1.82, 2.24) is 10.2 Å². The molecule has 196 valence electrons. The SMILES string of the molecule is CCOC(=O)c1ccc(CNC(=O)OC(C)(C)C)c(C)c1OC1CCN(C(=O)OC(C)(C)C)CC1. The molecule has 1 saturated heterocycles. The molecule has 0 bridgehead atoms. The van der Waals surface area contributed by atoms with Crippen molar-refractivity contribution < 1.29 is 33.3 Å². The summed E-state index contributed by atoms with van der Waals surface area (Å²) >= 11 is 0. The minimum atomic E-state index is -0.602. The Morgan fingerprint density at radius 2 is 1.60 bits per heavy atom. The van der Waals surface area contributed by atoms with Gasteiger partial charge in [0.25, 0.3) is 0 Å². The fraction of sp³-hybridized carbons (Fsp3) is 0.654. The van der Waals surface area contributed by atoms with Gasteiger partial charge in [-0.05, 0) is 72.6 Å². The van der Waals surface area contributed by atoms with Gasteiger partial charge in [0.1, 0.15) is 28.6 Å². The lowest BCUT2D eigenvalue weighted by Gasteiger charge is -2.34. The van der Waals surface area contributed by atoms with Crippen LogP contribution in [0.5, 0.6) is 5.75 Å². The average molecular weight is 493 g/mol. The number of amides is 2. The minimum absolute atomic E-state index is 0.186. The molecule has 1 fully saturated rings. The first-order valence-electron chi connectivity index (χ1n) is 12.1. The fourth-order valence-electron chi connectivity index (χ4n) is 3.58. The number of alkyl carbamates (subject to hydrolysis) is 1. The van der Waals surface area contributed by atoms with Gasteiger partial charge in [-0.1, -0.05) is 6.07 Å². The van der Waals surface area contributed by atoms with Gasteiger partial charge in [-0.25, -0.2) is 14.4 Å². The standard InChI is InChI=1S/C26H40N2O7/c1-9-32-22(29)20-11-10-18(16-27-23(30)34-25(3,4)5)17(2)21(20)33-19-12-14-28(15-13-19)24(31)35-26(6,7)8/h10-11,19H,9,12-16H2,1-8H3,(H,27,30). The monoisotopic (exact) mass is 492 g/mol. The predicted octanol–water partition coefficient (Wildman–Crippen LogP) is 4.97. The number of esters is 1. The molecule has 0 saturated carbocycles. The summed E-state index contributed by atoms with van der Waals surface area (Å²) in [5, 5.41) is 2.75. The van der Waals surface area contributed by atoms with Crippen LogP contribution in [0, 0.1) is 6.92 Å². The van der Waals surface area contributed by atoms with Gasteiger partial charge in [-0.15, -0.1) is 0 Å². The van der Waals surface area contributed by atoms with Crippen LogP contribution in [0.4, 0.5) is 9.59 Å². The highest BCUT2D eigenvalue weighted by atomic mass is 16.6. The molecule has 2 rings (SSSR count). The highest BCUT2D eigenvalue weighted by molar-refractivity contribution is 5.93. The molecule has 9 nitrogen and oxygen atoms in total. The molecule has 35 heavy (non-hydrogen) atoms. The van der Waals surface area contributed by atoms with Crippen LogP contribution in [-0.2, 0) is 20.8 Å². The summed E-state index contributed by atoms with van der Waals surface area (Å²) in [4.78, 5) is 38.7. The van der Waals surface area contributed by atoms with E-state index >= 15 is 0 Å². The molecule has 9 heteroatoms. The number of carbonyl (C=O) groups excluding carboxylic acids is 3. The zero-order valence-electron chi connectivity index (χ0n) is 22.3. The molecule has 0 radical (unpaired) electrons. The van der Waals surface area contributed by atoms with Gasteiger partial charge in [0, 0.05) is 32.5 Å². The van der Waals surface area contributed by atoms with Gasteiger partial charge in [0.05, 0.1) is 6.61 Å². The van der Waals surface area contributed by atoms with Crippen LogP contribution in [0.1, 0.15) is 82.8 Å². The van der Waals surface area contributed by atoms with E-state index in [1.807, 2.05) is 27.7 Å². The summed E-state index contributed by atoms with van der Waals surface area (Å²) in [6.45, 7) is 16.0. The van der Waals surface area contributed by atoms with Crippen molar-refractivity contribution in [1.29, 1.82) is 0 Å². The highest BCUT2D eigenvalue weighted by Crippen LogP contribution is 2.31. The number of carbonyl (C=O) groups is 3. The lowest BCUT2D eigenvalue weighted by atomic mass is 10.0. The molecule has 1 heterocycles. The van der Waals surface area contributed by atoms with E-state index in [0.29, 0.717) is 37.2 Å². The topological polar surface area (TPSA) is 103 Å². The maximum Gasteiger partial charge on any atom is 0.410 e. The number of nitrogens with one attached hydrogen (secondary N) is 1. The van der Waals surface area contributed by atoms with E-state index in [2.05, 4.69) is 5.32 Å². The third-order valence-electron chi connectivity index (χ3n) is 5.21. The molecule has 1 N–H and O–H groups in total. The second kappa shape index (κ2) is 11.6. The van der Waals surface area contributed by atoms with Gasteiger partial charge in [-0.2, -0.15) is 0 Å². The van der Waals surface area contributed by atoms with Crippen molar-refractivity contribution in [2.24, 2.45) is 0 Å². The molecule has 1 aliphatic heterocycles. The van der Waals surface area contributed by atoms with Crippen molar-refractivity contribution in [2.45, 2.75) is 92.1 Å². The number of hydrogen-bond donors (Lipinski definition) is 1. The van der Waals surface area contributed by atoms with Crippen LogP contribution in [0.2, 0.25) is 0 Å². The average Bonchev–Trinajstić information content (AvgIpc) is 2.72. The van der Waals surface area contributed by atoms with Crippen LogP contribution in [0.3, 0.4) is 0 Å². The highest BCUT2D eigenvalue weighted by Gasteiger charge is 2.29. The Morgan fingerprint density at radius 3 is 2.14 bits per heavy atom. The lowest BCUT2D eigenvalue weighted by molar-refractivity contribution is 0.0124. The van der Waals surface area contributed by atoms with Crippen molar-refractivity contribution in [2.75, 3.05) is 19.7 Å². The number of hydrogen-bond acceptors (Lipinski definition) is 7. The number of piperidine rings is 1. The number of rotatable bonds is 6. The molecular weight excluding hydrogens is 452 g/mol. The molecule has 0 atom stereocenters. The molecule has 1 aliphatic rings. The number of nitrogens with zero attached hydrogens (tertiary/aromatic N) is 1. The molecule has 1 aromatic rings. The van der Waals surface area contributed by atoms with E-state index in [1.165, 1.54) is 0 Å². The summed E-state index contributed by atoms with van der Waals surface area (Å²) < 4.78 is 22.3. The lowest BCUT2D eigenvalue weighted by Crippen LogP contribution is -2.44. The third kappa shape index (κ3) is 8.96. The van der Waals surface area contributed by atoms with Gasteiger partial charge >= 0.3 is 18.2 Å². The van der Waals surface area contributed by atoms with Gasteiger partial charge in [0.15, 0.2) is 0 Å². The normalized spacial score (nSPS) is 14.8. The van der Waals surface area contributed by atoms with Crippen molar-refractivity contribution >= 4 is 18.2 Å². The van der Waals surface area contributed by atoms with E-state index < -0.39 is 23.3 Å². The number of benzene rings is 1. The first-order valence-corrected chi connectivity index (χ1v) is 12.1. The summed E-state index contributed by atoms with van der Waals surface area (Å²) in [7, 11) is 0. The molecular formula is C26H40N2O7. The first kappa shape index (κ1) is 28.3. The first-order chi connectivity index (χ1) is 16.2. The maximum absolute atomic E-state index is 12.6. The zero-order chi connectivity index (χ0) is 26.4. The van der Waals surface area contributed by atoms with Crippen LogP contribution in [-0.4, -0.2) is 60.1 Å². The van der Waals surface area contributed by atoms with E-state index in [9.17, 15) is 14.4 Å². The van der Waals surface area contributed by atoms with E-state index in [4.69, 9.17) is 18.9 Å². The second-order valence-corrected chi connectivity index (χ2v) is 10.6. The third-order valence-corrected chi connectivity index (χ3v) is 5.21. The van der Waals surface area contributed by atoms with Crippen LogP contribution >= 0.6 is 0 Å². The Balaban J connectivity index is 2.15. The number of likely N-dealkylation sites (tertiary alicyclic amines) is 1. The smallest absolute Gasteiger partial charge is 0.410 e. The van der Waals surface area contributed by atoms with E-state index in [-0.39, 0.29) is 25.3 Å². The maximum atomic E-state index is 12.6. The second-order valence-electron chi connectivity index (χ2n) is 10.6. The summed E-state index contributed by atoms with van der Waals surface area (Å²) in [6, 6.07) is 3.43. The predicted molar refractivity (Wildman–Crippen MR) is 132 cm³/mol.